The summed E-state index contributed by atoms with van der Waals surface area (Å²) < 4.78 is 9.90. The van der Waals surface area contributed by atoms with Crippen LogP contribution in [0.1, 0.15) is 299 Å². The van der Waals surface area contributed by atoms with Crippen LogP contribution in [-0.4, -0.2) is 59.9 Å². The van der Waals surface area contributed by atoms with Gasteiger partial charge in [-0.25, -0.2) is 0 Å². The van der Waals surface area contributed by atoms with Crippen molar-refractivity contribution in [3.63, 3.8) is 0 Å². The van der Waals surface area contributed by atoms with Gasteiger partial charge in [0.25, 0.3) is 0 Å². The van der Waals surface area contributed by atoms with Gasteiger partial charge in [-0.2, -0.15) is 0 Å². The molecular weight excluding hydrogens is 1000 g/mol. The van der Waals surface area contributed by atoms with Gasteiger partial charge in [-0.15, -0.1) is 0 Å². The maximum Gasteiger partial charge on any atom is 0.308 e. The zero-order chi connectivity index (χ0) is 65.2. The minimum absolute atomic E-state index is 0.00116. The molecule has 0 spiro atoms. The maximum atomic E-state index is 11.1. The molecule has 0 aromatic heterocycles. The Bertz CT molecular complexity index is 1360. The molecule has 0 aliphatic carbocycles. The van der Waals surface area contributed by atoms with E-state index in [-0.39, 0.29) is 65.2 Å². The summed E-state index contributed by atoms with van der Waals surface area (Å²) >= 11 is 0. The fraction of sp³-hybridized carbons (Fsp3) is 0.886. The number of ether oxygens (including phenoxy) is 2. The van der Waals surface area contributed by atoms with Gasteiger partial charge in [0.2, 0.25) is 0 Å². The highest BCUT2D eigenvalue weighted by Crippen LogP contribution is 2.13. The van der Waals surface area contributed by atoms with E-state index in [1.807, 2.05) is 138 Å². The van der Waals surface area contributed by atoms with Crippen LogP contribution >= 0.6 is 0 Å². The minimum Gasteiger partial charge on any atom is -0.465 e. The highest BCUT2D eigenvalue weighted by molar-refractivity contribution is 5.82. The first-order valence-corrected chi connectivity index (χ1v) is 31.8. The summed E-state index contributed by atoms with van der Waals surface area (Å²) in [6, 6.07) is 0. The van der Waals surface area contributed by atoms with Crippen LogP contribution in [0.3, 0.4) is 0 Å². The van der Waals surface area contributed by atoms with Crippen molar-refractivity contribution in [3.05, 3.63) is 0 Å². The lowest BCUT2D eigenvalue weighted by molar-refractivity contribution is -0.148. The molecule has 0 fully saturated rings. The SMILES string of the molecule is CC(C)C(=O)C(C)C.CC(C)CC(=O)C(C)C.CC(C)CCC(=O)C(C)C.CC(C)CCC(=O)C(C)C.CC(C)CCCC(=O)C(C)C.CC(C)CCCC(=O)C(C)C.CC(C)CCOC(=O)C(C)C.CC(C)COC(=O)C(C)C. The largest absolute Gasteiger partial charge is 0.465 e. The number of hydrogen-bond acceptors (Lipinski definition) is 10. The Balaban J connectivity index is -0.000000124. The van der Waals surface area contributed by atoms with Crippen LogP contribution in [0, 0.1) is 94.7 Å². The maximum absolute atomic E-state index is 11.1. The highest BCUT2D eigenvalue weighted by atomic mass is 16.5. The second-order valence-corrected chi connectivity index (χ2v) is 27.5. The molecule has 0 bridgehead atoms. The van der Waals surface area contributed by atoms with Crippen LogP contribution in [0.15, 0.2) is 0 Å². The van der Waals surface area contributed by atoms with E-state index in [4.69, 9.17) is 9.47 Å². The summed E-state index contributed by atoms with van der Waals surface area (Å²) in [7, 11) is 0. The summed E-state index contributed by atoms with van der Waals surface area (Å²) in [6.45, 7) is 65.6. The van der Waals surface area contributed by atoms with E-state index in [0.29, 0.717) is 77.5 Å². The van der Waals surface area contributed by atoms with Crippen LogP contribution < -0.4 is 0 Å². The average molecular weight is 1140 g/mol. The second-order valence-electron chi connectivity index (χ2n) is 27.5. The molecule has 0 aliphatic heterocycles. The molecule has 0 N–H and O–H groups in total. The third-order valence-electron chi connectivity index (χ3n) is 11.8. The zero-order valence-corrected chi connectivity index (χ0v) is 59.2. The molecule has 0 unspecified atom stereocenters. The van der Waals surface area contributed by atoms with Gasteiger partial charge in [-0.1, -0.05) is 234 Å². The number of rotatable bonds is 30. The van der Waals surface area contributed by atoms with E-state index < -0.39 is 0 Å². The minimum atomic E-state index is -0.103. The Labute approximate surface area is 498 Å². The zero-order valence-electron chi connectivity index (χ0n) is 59.2. The van der Waals surface area contributed by atoms with Gasteiger partial charge in [-0.3, -0.25) is 38.4 Å². The quantitative estimate of drug-likeness (QED) is 0.0635. The number of hydrogen-bond donors (Lipinski definition) is 0. The summed E-state index contributed by atoms with van der Waals surface area (Å²) in [5.41, 5.74) is 0. The summed E-state index contributed by atoms with van der Waals surface area (Å²) in [5.74, 6) is 7.99. The van der Waals surface area contributed by atoms with Crippen molar-refractivity contribution in [2.45, 2.75) is 299 Å². The number of carbonyl (C=O) groups excluding carboxylic acids is 8. The summed E-state index contributed by atoms with van der Waals surface area (Å²) in [4.78, 5) is 87.9. The van der Waals surface area contributed by atoms with E-state index in [1.165, 1.54) is 12.8 Å². The molecule has 0 aromatic rings. The standard InChI is InChI=1S/2C10H20O.C9H18O2.2C9H18O.C8H16O2.C8H16O.C7H14O/c2*1-8(2)6-5-7-10(11)9(3)4;1-7(2)5-6-11-9(10)8(3)4;2*1-7(2)5-6-9(10)8(3)4;1-6(2)5-10-8(9)7(3)4;1-6(2)5-8(9)7(3)4;1-5(2)7(8)6(3)4/h2*8-9H,5-7H2,1-4H3;7-8H,5-6H2,1-4H3;2*7-8H,5-6H2,1-4H3;6-7H,5H2,1-4H3;6-7H,5H2,1-4H3;5-6H,1-4H3. The number of ketones is 6. The fourth-order valence-electron chi connectivity index (χ4n) is 5.67. The van der Waals surface area contributed by atoms with E-state index >= 15 is 0 Å². The molecule has 0 radical (unpaired) electrons. The first-order chi connectivity index (χ1) is 36.3. The molecule has 0 aromatic carbocycles. The Kier molecular flexibility index (Phi) is 69.0. The number of Topliss-reactive ketones (excluding diaryl/α,β-unsaturated/α-hetero) is 6. The lowest BCUT2D eigenvalue weighted by Gasteiger charge is -2.08. The molecule has 10 nitrogen and oxygen atoms in total. The Morgan fingerprint density at radius 2 is 0.512 bits per heavy atom. The first-order valence-electron chi connectivity index (χ1n) is 31.8. The molecule has 0 amide bonds. The third kappa shape index (κ3) is 83.8. The lowest BCUT2D eigenvalue weighted by Crippen LogP contribution is -2.14. The van der Waals surface area contributed by atoms with Crippen molar-refractivity contribution in [3.8, 4) is 0 Å². The monoisotopic (exact) mass is 1140 g/mol. The Hall–Kier alpha value is -3.04. The molecular formula is C70H140O10. The van der Waals surface area contributed by atoms with E-state index in [9.17, 15) is 38.4 Å². The predicted molar refractivity (Wildman–Crippen MR) is 345 cm³/mol. The number of carbonyl (C=O) groups is 8. The van der Waals surface area contributed by atoms with Gasteiger partial charge < -0.3 is 9.47 Å². The van der Waals surface area contributed by atoms with Crippen molar-refractivity contribution >= 4 is 46.6 Å². The highest BCUT2D eigenvalue weighted by Gasteiger charge is 2.13. The van der Waals surface area contributed by atoms with Gasteiger partial charge in [-0.05, 0) is 73.5 Å². The van der Waals surface area contributed by atoms with E-state index in [2.05, 4.69) is 83.1 Å². The van der Waals surface area contributed by atoms with Crippen molar-refractivity contribution in [1.29, 1.82) is 0 Å². The molecule has 0 saturated heterocycles. The van der Waals surface area contributed by atoms with Crippen LogP contribution in [0.5, 0.6) is 0 Å². The fourth-order valence-corrected chi connectivity index (χ4v) is 5.67. The topological polar surface area (TPSA) is 155 Å². The van der Waals surface area contributed by atoms with Crippen molar-refractivity contribution in [1.82, 2.24) is 0 Å². The molecule has 0 aliphatic rings. The van der Waals surface area contributed by atoms with Gasteiger partial charge in [0, 0.05) is 73.5 Å². The van der Waals surface area contributed by atoms with Crippen LogP contribution in [0.4, 0.5) is 0 Å². The molecule has 0 saturated carbocycles. The molecule has 80 heavy (non-hydrogen) atoms. The van der Waals surface area contributed by atoms with E-state index in [0.717, 1.165) is 76.0 Å². The molecule has 0 atom stereocenters. The first kappa shape index (κ1) is 93.4. The Morgan fingerprint density at radius 1 is 0.250 bits per heavy atom. The smallest absolute Gasteiger partial charge is 0.308 e. The van der Waals surface area contributed by atoms with Crippen LogP contribution in [0.2, 0.25) is 0 Å². The van der Waals surface area contributed by atoms with Crippen molar-refractivity contribution in [2.75, 3.05) is 13.2 Å². The van der Waals surface area contributed by atoms with E-state index in [1.54, 1.807) is 0 Å². The summed E-state index contributed by atoms with van der Waals surface area (Å²) in [5, 5.41) is 0. The third-order valence-corrected chi connectivity index (χ3v) is 11.8. The summed E-state index contributed by atoms with van der Waals surface area (Å²) in [6.07, 6.45) is 11.3. The van der Waals surface area contributed by atoms with Crippen LogP contribution in [0.25, 0.3) is 0 Å². The van der Waals surface area contributed by atoms with Gasteiger partial charge in [0.05, 0.1) is 25.0 Å². The van der Waals surface area contributed by atoms with Crippen molar-refractivity contribution < 1.29 is 47.8 Å². The van der Waals surface area contributed by atoms with Gasteiger partial charge in [0.1, 0.15) is 34.7 Å². The predicted octanol–water partition coefficient (Wildman–Crippen LogP) is 19.6. The average Bonchev–Trinajstić information content (AvgIpc) is 3.31. The molecule has 480 valence electrons. The molecule has 10 heteroatoms. The lowest BCUT2D eigenvalue weighted by atomic mass is 9.99. The van der Waals surface area contributed by atoms with Crippen molar-refractivity contribution in [2.24, 2.45) is 94.7 Å². The van der Waals surface area contributed by atoms with Gasteiger partial charge >= 0.3 is 11.9 Å². The van der Waals surface area contributed by atoms with Gasteiger partial charge in [0.15, 0.2) is 0 Å². The normalized spacial score (nSPS) is 10.9. The number of esters is 2. The second kappa shape index (κ2) is 59.1. The Morgan fingerprint density at radius 3 is 0.700 bits per heavy atom. The molecule has 0 heterocycles. The van der Waals surface area contributed by atoms with Crippen LogP contribution in [-0.2, 0) is 47.8 Å². The molecule has 0 rings (SSSR count).